The Morgan fingerprint density at radius 3 is 2.64 bits per heavy atom. The molecule has 0 bridgehead atoms. The Morgan fingerprint density at radius 1 is 1.20 bits per heavy atom. The van der Waals surface area contributed by atoms with Crippen molar-refractivity contribution in [2.24, 2.45) is 0 Å². The Bertz CT molecular complexity index is 756. The van der Waals surface area contributed by atoms with Crippen molar-refractivity contribution >= 4 is 18.5 Å². The molecule has 6 nitrogen and oxygen atoms in total. The standard InChI is InChI=1S/C19H19NO5/c1-24-18-11-15(16(12-21)10-17(18)22)8-5-9-20-19(23)25-13-14-6-3-2-4-7-14/h2-8,10-12,22H,9,13H2,1H3,(H,20,23). The summed E-state index contributed by atoms with van der Waals surface area (Å²) in [7, 11) is 1.42. The van der Waals surface area contributed by atoms with Crippen molar-refractivity contribution in [1.29, 1.82) is 0 Å². The van der Waals surface area contributed by atoms with Gasteiger partial charge in [-0.2, -0.15) is 0 Å². The lowest BCUT2D eigenvalue weighted by molar-refractivity contribution is 0.112. The van der Waals surface area contributed by atoms with Crippen LogP contribution in [0.3, 0.4) is 0 Å². The monoisotopic (exact) mass is 341 g/mol. The average molecular weight is 341 g/mol. The fourth-order valence-electron chi connectivity index (χ4n) is 2.11. The maximum Gasteiger partial charge on any atom is 0.407 e. The molecule has 0 aliphatic heterocycles. The van der Waals surface area contributed by atoms with Crippen LogP contribution in [-0.4, -0.2) is 31.1 Å². The van der Waals surface area contributed by atoms with Gasteiger partial charge in [0, 0.05) is 12.1 Å². The average Bonchev–Trinajstić information content (AvgIpc) is 2.65. The number of phenolic OH excluding ortho intramolecular Hbond substituents is 1. The highest BCUT2D eigenvalue weighted by atomic mass is 16.5. The van der Waals surface area contributed by atoms with Gasteiger partial charge in [0.2, 0.25) is 0 Å². The number of methoxy groups -OCH3 is 1. The second-order valence-corrected chi connectivity index (χ2v) is 5.12. The fraction of sp³-hybridized carbons (Fsp3) is 0.158. The first kappa shape index (κ1) is 18.1. The van der Waals surface area contributed by atoms with Crippen molar-refractivity contribution in [2.75, 3.05) is 13.7 Å². The van der Waals surface area contributed by atoms with Gasteiger partial charge < -0.3 is 19.9 Å². The Kier molecular flexibility index (Phi) is 6.59. The van der Waals surface area contributed by atoms with Gasteiger partial charge in [0.1, 0.15) is 6.61 Å². The van der Waals surface area contributed by atoms with E-state index in [0.29, 0.717) is 17.4 Å². The van der Waals surface area contributed by atoms with E-state index >= 15 is 0 Å². The first-order chi connectivity index (χ1) is 12.1. The van der Waals surface area contributed by atoms with Crippen LogP contribution in [0, 0.1) is 0 Å². The fourth-order valence-corrected chi connectivity index (χ4v) is 2.11. The van der Waals surface area contributed by atoms with Crippen LogP contribution in [0.25, 0.3) is 6.08 Å². The van der Waals surface area contributed by atoms with E-state index in [9.17, 15) is 14.7 Å². The number of rotatable bonds is 7. The number of carbonyl (C=O) groups is 2. The molecular weight excluding hydrogens is 322 g/mol. The Balaban J connectivity index is 1.86. The molecule has 0 fully saturated rings. The molecule has 0 aromatic heterocycles. The SMILES string of the molecule is COc1cc(C=CCNC(=O)OCc2ccccc2)c(C=O)cc1O. The normalized spacial score (nSPS) is 10.4. The molecular formula is C19H19NO5. The molecule has 1 amide bonds. The number of ether oxygens (including phenoxy) is 2. The zero-order chi connectivity index (χ0) is 18.1. The van der Waals surface area contributed by atoms with E-state index in [4.69, 9.17) is 9.47 Å². The van der Waals surface area contributed by atoms with Crippen LogP contribution in [0.5, 0.6) is 11.5 Å². The van der Waals surface area contributed by atoms with Crippen LogP contribution in [0.1, 0.15) is 21.5 Å². The molecule has 2 aromatic carbocycles. The maximum absolute atomic E-state index is 11.6. The molecule has 0 aliphatic carbocycles. The van der Waals surface area contributed by atoms with Crippen LogP contribution in [-0.2, 0) is 11.3 Å². The first-order valence-corrected chi connectivity index (χ1v) is 7.61. The lowest BCUT2D eigenvalue weighted by Crippen LogP contribution is -2.24. The third-order valence-corrected chi connectivity index (χ3v) is 3.39. The largest absolute Gasteiger partial charge is 0.504 e. The minimum absolute atomic E-state index is 0.107. The summed E-state index contributed by atoms with van der Waals surface area (Å²) in [6, 6.07) is 12.2. The predicted octanol–water partition coefficient (Wildman–Crippen LogP) is 3.15. The molecule has 130 valence electrons. The topological polar surface area (TPSA) is 84.9 Å². The number of amides is 1. The number of hydrogen-bond donors (Lipinski definition) is 2. The molecule has 0 saturated heterocycles. The molecule has 0 atom stereocenters. The highest BCUT2D eigenvalue weighted by Crippen LogP contribution is 2.29. The summed E-state index contributed by atoms with van der Waals surface area (Å²) in [5.74, 6) is 0.157. The number of aldehydes is 1. The zero-order valence-electron chi connectivity index (χ0n) is 13.8. The number of phenols is 1. The molecule has 0 unspecified atom stereocenters. The minimum atomic E-state index is -0.535. The van der Waals surface area contributed by atoms with E-state index in [2.05, 4.69) is 5.32 Å². The van der Waals surface area contributed by atoms with Crippen LogP contribution in [0.4, 0.5) is 4.79 Å². The highest BCUT2D eigenvalue weighted by Gasteiger charge is 2.07. The second kappa shape index (κ2) is 9.12. The molecule has 0 spiro atoms. The molecule has 2 aromatic rings. The summed E-state index contributed by atoms with van der Waals surface area (Å²) in [5.41, 5.74) is 1.80. The molecule has 0 radical (unpaired) electrons. The molecule has 0 heterocycles. The van der Waals surface area contributed by atoms with Crippen LogP contribution in [0.2, 0.25) is 0 Å². The summed E-state index contributed by atoms with van der Waals surface area (Å²) >= 11 is 0. The van der Waals surface area contributed by atoms with Gasteiger partial charge in [0.25, 0.3) is 0 Å². The second-order valence-electron chi connectivity index (χ2n) is 5.12. The highest BCUT2D eigenvalue weighted by molar-refractivity contribution is 5.83. The van der Waals surface area contributed by atoms with Crippen LogP contribution in [0.15, 0.2) is 48.5 Å². The number of aromatic hydroxyl groups is 1. The van der Waals surface area contributed by atoms with E-state index in [1.807, 2.05) is 30.3 Å². The predicted molar refractivity (Wildman–Crippen MR) is 93.7 cm³/mol. The summed E-state index contributed by atoms with van der Waals surface area (Å²) in [6.45, 7) is 0.427. The van der Waals surface area contributed by atoms with Crippen molar-refractivity contribution in [3.63, 3.8) is 0 Å². The molecule has 0 saturated carbocycles. The Hall–Kier alpha value is -3.28. The van der Waals surface area contributed by atoms with Gasteiger partial charge in [-0.25, -0.2) is 4.79 Å². The van der Waals surface area contributed by atoms with Gasteiger partial charge in [-0.05, 0) is 23.3 Å². The van der Waals surface area contributed by atoms with Gasteiger partial charge in [-0.3, -0.25) is 4.79 Å². The number of nitrogens with one attached hydrogen (secondary N) is 1. The summed E-state index contributed by atoms with van der Waals surface area (Å²) < 4.78 is 10.1. The van der Waals surface area contributed by atoms with Crippen LogP contribution < -0.4 is 10.1 Å². The lowest BCUT2D eigenvalue weighted by Gasteiger charge is -2.07. The van der Waals surface area contributed by atoms with Crippen LogP contribution >= 0.6 is 0 Å². The van der Waals surface area contributed by atoms with Gasteiger partial charge in [0.05, 0.1) is 7.11 Å². The first-order valence-electron chi connectivity index (χ1n) is 7.61. The molecule has 0 aliphatic rings. The van der Waals surface area contributed by atoms with Gasteiger partial charge in [0.15, 0.2) is 17.8 Å². The van der Waals surface area contributed by atoms with Gasteiger partial charge >= 0.3 is 6.09 Å². The van der Waals surface area contributed by atoms with Crippen molar-refractivity contribution in [2.45, 2.75) is 6.61 Å². The van der Waals surface area contributed by atoms with Gasteiger partial charge in [-0.15, -0.1) is 0 Å². The van der Waals surface area contributed by atoms with Crippen molar-refractivity contribution < 1.29 is 24.2 Å². The molecule has 25 heavy (non-hydrogen) atoms. The van der Waals surface area contributed by atoms with E-state index < -0.39 is 6.09 Å². The molecule has 2 N–H and O–H groups in total. The van der Waals surface area contributed by atoms with E-state index in [1.54, 1.807) is 18.2 Å². The number of carbonyl (C=O) groups excluding carboxylic acids is 2. The number of alkyl carbamates (subject to hydrolysis) is 1. The third kappa shape index (κ3) is 5.39. The third-order valence-electron chi connectivity index (χ3n) is 3.39. The van der Waals surface area contributed by atoms with Gasteiger partial charge in [-0.1, -0.05) is 42.5 Å². The molecule has 2 rings (SSSR count). The van der Waals surface area contributed by atoms with Crippen molar-refractivity contribution in [1.82, 2.24) is 5.32 Å². The number of hydrogen-bond acceptors (Lipinski definition) is 5. The Morgan fingerprint density at radius 2 is 1.96 bits per heavy atom. The lowest BCUT2D eigenvalue weighted by atomic mass is 10.1. The van der Waals surface area contributed by atoms with E-state index in [0.717, 1.165) is 5.56 Å². The summed E-state index contributed by atoms with van der Waals surface area (Å²) in [6.07, 6.45) is 3.43. The summed E-state index contributed by atoms with van der Waals surface area (Å²) in [4.78, 5) is 22.7. The number of benzene rings is 2. The summed E-state index contributed by atoms with van der Waals surface area (Å²) in [5, 5.41) is 12.2. The van der Waals surface area contributed by atoms with E-state index in [1.165, 1.54) is 13.2 Å². The Labute approximate surface area is 145 Å². The van der Waals surface area contributed by atoms with E-state index in [-0.39, 0.29) is 24.7 Å². The minimum Gasteiger partial charge on any atom is -0.504 e. The maximum atomic E-state index is 11.6. The zero-order valence-corrected chi connectivity index (χ0v) is 13.8. The quantitative estimate of drug-likeness (QED) is 0.756. The van der Waals surface area contributed by atoms with Crippen molar-refractivity contribution in [3.05, 3.63) is 65.2 Å². The smallest absolute Gasteiger partial charge is 0.407 e. The molecule has 6 heteroatoms. The van der Waals surface area contributed by atoms with Crippen molar-refractivity contribution in [3.8, 4) is 11.5 Å².